The van der Waals surface area contributed by atoms with Gasteiger partial charge < -0.3 is 5.32 Å². The molecule has 4 heteroatoms. The highest BCUT2D eigenvalue weighted by atomic mass is 32.2. The predicted molar refractivity (Wildman–Crippen MR) is 32.3 cm³/mol. The molecule has 2 heterocycles. The summed E-state index contributed by atoms with van der Waals surface area (Å²) >= 11 is 1.22. The Bertz CT molecular complexity index is 179. The van der Waals surface area contributed by atoms with Gasteiger partial charge in [-0.25, -0.2) is 0 Å². The SMILES string of the molecule is O=C1N[CH]C12CSC2=O. The van der Waals surface area contributed by atoms with Gasteiger partial charge in [0, 0.05) is 5.75 Å². The fourth-order valence-electron chi connectivity index (χ4n) is 0.851. The van der Waals surface area contributed by atoms with Crippen molar-refractivity contribution >= 4 is 22.8 Å². The van der Waals surface area contributed by atoms with Crippen molar-refractivity contribution in [3.05, 3.63) is 6.54 Å². The van der Waals surface area contributed by atoms with Gasteiger partial charge in [0.15, 0.2) is 0 Å². The van der Waals surface area contributed by atoms with Crippen LogP contribution in [0, 0.1) is 12.0 Å². The average molecular weight is 142 g/mol. The maximum atomic E-state index is 10.7. The van der Waals surface area contributed by atoms with Crippen LogP contribution in [-0.2, 0) is 9.59 Å². The molecule has 2 saturated heterocycles. The van der Waals surface area contributed by atoms with Gasteiger partial charge >= 0.3 is 0 Å². The monoisotopic (exact) mass is 142 g/mol. The zero-order valence-electron chi connectivity index (χ0n) is 4.51. The Morgan fingerprint density at radius 1 is 1.67 bits per heavy atom. The second-order valence-electron chi connectivity index (χ2n) is 2.17. The van der Waals surface area contributed by atoms with Crippen LogP contribution in [0.1, 0.15) is 0 Å². The number of rotatable bonds is 0. The van der Waals surface area contributed by atoms with Crippen molar-refractivity contribution in [2.24, 2.45) is 5.41 Å². The third kappa shape index (κ3) is 0.409. The summed E-state index contributed by atoms with van der Waals surface area (Å²) in [4.78, 5) is 21.4. The third-order valence-electron chi connectivity index (χ3n) is 1.65. The Morgan fingerprint density at radius 2 is 2.44 bits per heavy atom. The van der Waals surface area contributed by atoms with E-state index in [9.17, 15) is 9.59 Å². The van der Waals surface area contributed by atoms with Gasteiger partial charge in [-0.15, -0.1) is 0 Å². The van der Waals surface area contributed by atoms with Crippen LogP contribution in [0.15, 0.2) is 0 Å². The summed E-state index contributed by atoms with van der Waals surface area (Å²) in [7, 11) is 0. The van der Waals surface area contributed by atoms with Crippen LogP contribution in [0.2, 0.25) is 0 Å². The van der Waals surface area contributed by atoms with E-state index >= 15 is 0 Å². The number of nitrogens with one attached hydrogen (secondary N) is 1. The molecule has 0 bridgehead atoms. The molecule has 2 aliphatic rings. The largest absolute Gasteiger partial charge is 0.349 e. The zero-order chi connectivity index (χ0) is 6.48. The molecule has 1 N–H and O–H groups in total. The minimum Gasteiger partial charge on any atom is -0.349 e. The van der Waals surface area contributed by atoms with Gasteiger partial charge in [0.25, 0.3) is 0 Å². The summed E-state index contributed by atoms with van der Waals surface area (Å²) < 4.78 is 0. The quantitative estimate of drug-likeness (QED) is 0.367. The van der Waals surface area contributed by atoms with Crippen molar-refractivity contribution in [3.8, 4) is 0 Å². The van der Waals surface area contributed by atoms with Crippen molar-refractivity contribution in [2.75, 3.05) is 5.75 Å². The number of hydrogen-bond acceptors (Lipinski definition) is 3. The van der Waals surface area contributed by atoms with Crippen LogP contribution < -0.4 is 5.32 Å². The summed E-state index contributed by atoms with van der Waals surface area (Å²) in [5.74, 6) is 0.503. The molecular weight excluding hydrogens is 138 g/mol. The molecule has 1 amide bonds. The number of thioether (sulfide) groups is 1. The van der Waals surface area contributed by atoms with Crippen molar-refractivity contribution in [1.82, 2.24) is 5.32 Å². The molecule has 2 aliphatic heterocycles. The van der Waals surface area contributed by atoms with Gasteiger partial charge in [0.1, 0.15) is 5.41 Å². The molecule has 0 aromatic heterocycles. The lowest BCUT2D eigenvalue weighted by Crippen LogP contribution is -2.64. The summed E-state index contributed by atoms with van der Waals surface area (Å²) in [6.45, 7) is 1.58. The first-order valence-corrected chi connectivity index (χ1v) is 3.57. The molecule has 1 unspecified atom stereocenters. The zero-order valence-corrected chi connectivity index (χ0v) is 5.33. The Hall–Kier alpha value is -0.510. The minimum absolute atomic E-state index is 0.00810. The summed E-state index contributed by atoms with van der Waals surface area (Å²) in [5.41, 5.74) is -0.690. The fourth-order valence-corrected chi connectivity index (χ4v) is 1.79. The van der Waals surface area contributed by atoms with E-state index in [4.69, 9.17) is 0 Å². The highest BCUT2D eigenvalue weighted by Gasteiger charge is 2.59. The highest BCUT2D eigenvalue weighted by molar-refractivity contribution is 8.16. The number of hydrogen-bond donors (Lipinski definition) is 1. The van der Waals surface area contributed by atoms with Crippen LogP contribution in [0.3, 0.4) is 0 Å². The van der Waals surface area contributed by atoms with Crippen LogP contribution in [-0.4, -0.2) is 16.8 Å². The van der Waals surface area contributed by atoms with Gasteiger partial charge in [0.2, 0.25) is 11.0 Å². The first-order valence-electron chi connectivity index (χ1n) is 2.58. The van der Waals surface area contributed by atoms with Crippen molar-refractivity contribution in [3.63, 3.8) is 0 Å². The second-order valence-corrected chi connectivity index (χ2v) is 3.11. The molecule has 0 aliphatic carbocycles. The summed E-state index contributed by atoms with van der Waals surface area (Å²) in [6, 6.07) is 0. The van der Waals surface area contributed by atoms with Gasteiger partial charge in [-0.2, -0.15) is 0 Å². The molecule has 9 heavy (non-hydrogen) atoms. The first-order chi connectivity index (χ1) is 4.26. The van der Waals surface area contributed by atoms with E-state index in [1.807, 2.05) is 0 Å². The predicted octanol–water partition coefficient (Wildman–Crippen LogP) is -0.462. The number of β-lactam (4-membered cyclic amide) rings is 1. The minimum atomic E-state index is -0.690. The van der Waals surface area contributed by atoms with E-state index in [0.717, 1.165) is 0 Å². The molecule has 0 aromatic rings. The van der Waals surface area contributed by atoms with Crippen LogP contribution in [0.4, 0.5) is 0 Å². The van der Waals surface area contributed by atoms with Crippen molar-refractivity contribution in [1.29, 1.82) is 0 Å². The molecular formula is C5H4NO2S. The third-order valence-corrected chi connectivity index (χ3v) is 2.88. The average Bonchev–Trinajstić information content (AvgIpc) is 1.82. The molecule has 1 spiro atoms. The van der Waals surface area contributed by atoms with Crippen molar-refractivity contribution < 1.29 is 9.59 Å². The van der Waals surface area contributed by atoms with Crippen LogP contribution in [0.25, 0.3) is 0 Å². The van der Waals surface area contributed by atoms with Gasteiger partial charge in [-0.3, -0.25) is 9.59 Å². The molecule has 47 valence electrons. The number of amides is 1. The van der Waals surface area contributed by atoms with Crippen LogP contribution in [0.5, 0.6) is 0 Å². The molecule has 1 atom stereocenters. The molecule has 3 nitrogen and oxygen atoms in total. The molecule has 0 aromatic carbocycles. The molecule has 1 radical (unpaired) electrons. The molecule has 2 rings (SSSR count). The number of carbonyl (C=O) groups excluding carboxylic acids is 2. The smallest absolute Gasteiger partial charge is 0.238 e. The van der Waals surface area contributed by atoms with E-state index in [1.165, 1.54) is 11.8 Å². The van der Waals surface area contributed by atoms with Crippen LogP contribution >= 0.6 is 11.8 Å². The van der Waals surface area contributed by atoms with Crippen molar-refractivity contribution in [2.45, 2.75) is 0 Å². The number of carbonyl (C=O) groups is 2. The second kappa shape index (κ2) is 1.31. The lowest BCUT2D eigenvalue weighted by Gasteiger charge is -2.43. The molecule has 0 saturated carbocycles. The first kappa shape index (κ1) is 5.29. The van der Waals surface area contributed by atoms with Gasteiger partial charge in [-0.1, -0.05) is 11.8 Å². The normalized spacial score (nSPS) is 39.6. The summed E-state index contributed by atoms with van der Waals surface area (Å²) in [5, 5.41) is 2.43. The maximum Gasteiger partial charge on any atom is 0.238 e. The standard InChI is InChI=1S/C5H4NO2S/c7-3-5(1-6-3)2-9-4(5)8/h1H,2H2,(H,6,7). The Balaban J connectivity index is 2.26. The molecule has 2 fully saturated rings. The van der Waals surface area contributed by atoms with E-state index in [1.54, 1.807) is 6.54 Å². The van der Waals surface area contributed by atoms with E-state index in [0.29, 0.717) is 5.75 Å². The topological polar surface area (TPSA) is 46.2 Å². The van der Waals surface area contributed by atoms with E-state index in [-0.39, 0.29) is 11.0 Å². The fraction of sp³-hybridized carbons (Fsp3) is 0.400. The van der Waals surface area contributed by atoms with Gasteiger partial charge in [0.05, 0.1) is 6.54 Å². The summed E-state index contributed by atoms with van der Waals surface area (Å²) in [6.07, 6.45) is 0. The Morgan fingerprint density at radius 3 is 2.44 bits per heavy atom. The van der Waals surface area contributed by atoms with E-state index in [2.05, 4.69) is 5.32 Å². The lowest BCUT2D eigenvalue weighted by atomic mass is 9.83. The van der Waals surface area contributed by atoms with E-state index < -0.39 is 5.41 Å². The Kier molecular flexibility index (Phi) is 0.773. The lowest BCUT2D eigenvalue weighted by molar-refractivity contribution is -0.141. The highest BCUT2D eigenvalue weighted by Crippen LogP contribution is 2.45. The maximum absolute atomic E-state index is 10.7. The Labute approximate surface area is 56.2 Å². The van der Waals surface area contributed by atoms with Gasteiger partial charge in [-0.05, 0) is 0 Å².